The molecule has 0 bridgehead atoms. The summed E-state index contributed by atoms with van der Waals surface area (Å²) in [7, 11) is 3.20. The molecule has 1 saturated heterocycles. The van der Waals surface area contributed by atoms with Crippen LogP contribution in [0.15, 0.2) is 18.3 Å². The van der Waals surface area contributed by atoms with Crippen molar-refractivity contribution < 1.29 is 29.0 Å². The maximum absolute atomic E-state index is 13.3. The number of fused-ring (bicyclic) bond motifs is 1. The number of amides is 2. The summed E-state index contributed by atoms with van der Waals surface area (Å²) in [4.78, 5) is 47.8. The Bertz CT molecular complexity index is 1660. The van der Waals surface area contributed by atoms with E-state index in [1.807, 2.05) is 23.2 Å². The fraction of sp³-hybridized carbons (Fsp3) is 0.588. The van der Waals surface area contributed by atoms with Gasteiger partial charge in [-0.3, -0.25) is 19.1 Å². The Balaban J connectivity index is 1.17. The largest absolute Gasteiger partial charge is 0.496 e. The SMILES string of the molecule is CCCCNc1nc(N)nc2cn(Cc3c(OC)ccc(CNC(=O)C4CCC(CN5CCC(SC[C@@H](N)C(=O)O)C5=O)CC4)c3OC)nc12. The fourth-order valence-corrected chi connectivity index (χ4v) is 7.85. The van der Waals surface area contributed by atoms with Gasteiger partial charge >= 0.3 is 5.97 Å². The van der Waals surface area contributed by atoms with Gasteiger partial charge in [0, 0.05) is 43.4 Å². The van der Waals surface area contributed by atoms with Crippen LogP contribution in [0.3, 0.4) is 0 Å². The van der Waals surface area contributed by atoms with Gasteiger partial charge in [0.05, 0.1) is 37.8 Å². The number of aliphatic carboxylic acids is 1. The maximum atomic E-state index is 13.3. The van der Waals surface area contributed by atoms with Crippen LogP contribution in [-0.4, -0.2) is 98.4 Å². The monoisotopic (exact) mass is 711 g/mol. The number of aromatic nitrogens is 4. The number of unbranched alkanes of at least 4 members (excludes halogenated alkanes) is 1. The highest BCUT2D eigenvalue weighted by Gasteiger charge is 2.35. The van der Waals surface area contributed by atoms with Crippen LogP contribution >= 0.6 is 11.8 Å². The number of methoxy groups -OCH3 is 2. The second-order valence-corrected chi connectivity index (χ2v) is 14.2. The number of carbonyl (C=O) groups excluding carboxylic acids is 2. The zero-order valence-corrected chi connectivity index (χ0v) is 29.8. The summed E-state index contributed by atoms with van der Waals surface area (Å²) in [5.74, 6) is 1.46. The molecule has 1 aliphatic carbocycles. The van der Waals surface area contributed by atoms with E-state index >= 15 is 0 Å². The average molecular weight is 712 g/mol. The van der Waals surface area contributed by atoms with Crippen LogP contribution in [0.5, 0.6) is 11.5 Å². The molecule has 0 radical (unpaired) electrons. The van der Waals surface area contributed by atoms with Crippen molar-refractivity contribution in [2.24, 2.45) is 17.6 Å². The fourth-order valence-electron chi connectivity index (χ4n) is 6.70. The Morgan fingerprint density at radius 1 is 1.14 bits per heavy atom. The molecule has 272 valence electrons. The van der Waals surface area contributed by atoms with Crippen LogP contribution in [0.4, 0.5) is 11.8 Å². The number of anilines is 2. The van der Waals surface area contributed by atoms with Gasteiger partial charge in [0.25, 0.3) is 0 Å². The molecule has 1 aliphatic heterocycles. The van der Waals surface area contributed by atoms with Gasteiger partial charge in [-0.25, -0.2) is 4.98 Å². The molecule has 2 fully saturated rings. The molecule has 1 unspecified atom stereocenters. The number of nitrogens with one attached hydrogen (secondary N) is 2. The average Bonchev–Trinajstić information content (AvgIpc) is 3.68. The third kappa shape index (κ3) is 8.88. The molecule has 5 rings (SSSR count). The van der Waals surface area contributed by atoms with E-state index < -0.39 is 12.0 Å². The van der Waals surface area contributed by atoms with Crippen LogP contribution in [0.1, 0.15) is 63.0 Å². The summed E-state index contributed by atoms with van der Waals surface area (Å²) in [5, 5.41) is 20.0. The molecule has 50 heavy (non-hydrogen) atoms. The predicted octanol–water partition coefficient (Wildman–Crippen LogP) is 2.85. The van der Waals surface area contributed by atoms with Gasteiger partial charge < -0.3 is 41.6 Å². The molecular formula is C34H49N9O6S. The van der Waals surface area contributed by atoms with E-state index in [4.69, 9.17) is 31.1 Å². The second kappa shape index (κ2) is 17.1. The number of nitrogens with zero attached hydrogens (tertiary/aromatic N) is 5. The summed E-state index contributed by atoms with van der Waals surface area (Å²) >= 11 is 1.33. The lowest BCUT2D eigenvalue weighted by molar-refractivity contribution is -0.138. The zero-order chi connectivity index (χ0) is 35.8. The highest BCUT2D eigenvalue weighted by molar-refractivity contribution is 8.00. The summed E-state index contributed by atoms with van der Waals surface area (Å²) in [6.45, 7) is 4.83. The maximum Gasteiger partial charge on any atom is 0.321 e. The van der Waals surface area contributed by atoms with E-state index in [1.54, 1.807) is 18.9 Å². The molecule has 0 spiro atoms. The molecule has 3 aromatic rings. The molecule has 2 aliphatic rings. The van der Waals surface area contributed by atoms with Gasteiger partial charge in [-0.05, 0) is 56.6 Å². The van der Waals surface area contributed by atoms with E-state index in [9.17, 15) is 14.4 Å². The number of hydrogen-bond donors (Lipinski definition) is 5. The van der Waals surface area contributed by atoms with Crippen molar-refractivity contribution in [3.05, 3.63) is 29.5 Å². The number of ether oxygens (including phenoxy) is 2. The highest BCUT2D eigenvalue weighted by atomic mass is 32.2. The van der Waals surface area contributed by atoms with Crippen molar-refractivity contribution in [3.63, 3.8) is 0 Å². The molecule has 2 atom stereocenters. The molecule has 16 heteroatoms. The topological polar surface area (TPSA) is 213 Å². The lowest BCUT2D eigenvalue weighted by Gasteiger charge is -2.31. The molecule has 15 nitrogen and oxygen atoms in total. The zero-order valence-electron chi connectivity index (χ0n) is 29.0. The number of benzene rings is 1. The Morgan fingerprint density at radius 2 is 1.92 bits per heavy atom. The highest BCUT2D eigenvalue weighted by Crippen LogP contribution is 2.35. The smallest absolute Gasteiger partial charge is 0.321 e. The van der Waals surface area contributed by atoms with Crippen LogP contribution in [-0.2, 0) is 27.5 Å². The molecule has 2 aromatic heterocycles. The Hall–Kier alpha value is -4.31. The number of thioether (sulfide) groups is 1. The second-order valence-electron chi connectivity index (χ2n) is 13.0. The number of nitrogen functional groups attached to an aromatic ring is 1. The standard InChI is InChI=1S/C34H49N9O6S/c1-4-5-13-37-30-28-25(39-34(36)40-30)18-43(41-28)17-23-26(48-2)11-10-22(29(23)49-3)15-38-31(44)21-8-6-20(7-9-21)16-42-14-12-27(32(42)45)50-19-24(35)33(46)47/h10-11,18,20-21,24,27H,4-9,12-17,19,35H2,1-3H3,(H,38,44)(H,46,47)(H3,36,37,39,40)/t20?,21?,24-,27?/m1/s1. The van der Waals surface area contributed by atoms with Gasteiger partial charge in [0.2, 0.25) is 17.8 Å². The molecule has 2 amide bonds. The first-order valence-electron chi connectivity index (χ1n) is 17.3. The molecular weight excluding hydrogens is 662 g/mol. The number of hydrogen-bond acceptors (Lipinski definition) is 12. The molecule has 1 saturated carbocycles. The first-order chi connectivity index (χ1) is 24.1. The number of carboxylic acid groups (broad SMARTS) is 1. The lowest BCUT2D eigenvalue weighted by atomic mass is 9.81. The van der Waals surface area contributed by atoms with Crippen LogP contribution in [0, 0.1) is 11.8 Å². The van der Waals surface area contributed by atoms with Gasteiger partial charge in [0.15, 0.2) is 11.3 Å². The molecule has 1 aromatic carbocycles. The Kier molecular flexibility index (Phi) is 12.6. The molecule has 3 heterocycles. The number of likely N-dealkylation sites (tertiary alicyclic amines) is 1. The van der Waals surface area contributed by atoms with Crippen molar-refractivity contribution >= 4 is 52.3 Å². The summed E-state index contributed by atoms with van der Waals surface area (Å²) in [6.07, 6.45) is 7.79. The van der Waals surface area contributed by atoms with E-state index in [1.165, 1.54) is 11.8 Å². The first-order valence-corrected chi connectivity index (χ1v) is 18.3. The van der Waals surface area contributed by atoms with E-state index in [2.05, 4.69) is 27.5 Å². The van der Waals surface area contributed by atoms with E-state index in [0.29, 0.717) is 66.9 Å². The van der Waals surface area contributed by atoms with Crippen molar-refractivity contribution in [1.29, 1.82) is 0 Å². The number of nitrogens with two attached hydrogens (primary N) is 2. The minimum atomic E-state index is -1.06. The Morgan fingerprint density at radius 3 is 2.62 bits per heavy atom. The summed E-state index contributed by atoms with van der Waals surface area (Å²) in [5.41, 5.74) is 14.4. The third-order valence-corrected chi connectivity index (χ3v) is 10.9. The third-order valence-electron chi connectivity index (χ3n) is 9.49. The van der Waals surface area contributed by atoms with Gasteiger partial charge in [0.1, 0.15) is 23.1 Å². The van der Waals surface area contributed by atoms with E-state index in [0.717, 1.165) is 56.2 Å². The minimum absolute atomic E-state index is 0.00365. The number of rotatable bonds is 17. The summed E-state index contributed by atoms with van der Waals surface area (Å²) < 4.78 is 13.3. The van der Waals surface area contributed by atoms with Gasteiger partial charge in [-0.15, -0.1) is 11.8 Å². The first kappa shape index (κ1) is 37.0. The minimum Gasteiger partial charge on any atom is -0.496 e. The predicted molar refractivity (Wildman–Crippen MR) is 192 cm³/mol. The van der Waals surface area contributed by atoms with Crippen molar-refractivity contribution in [1.82, 2.24) is 30.0 Å². The lowest BCUT2D eigenvalue weighted by Crippen LogP contribution is -2.38. The summed E-state index contributed by atoms with van der Waals surface area (Å²) in [6, 6.07) is 2.79. The normalized spacial score (nSPS) is 19.8. The van der Waals surface area contributed by atoms with Crippen molar-refractivity contribution in [2.75, 3.05) is 50.7 Å². The quantitative estimate of drug-likeness (QED) is 0.128. The van der Waals surface area contributed by atoms with E-state index in [-0.39, 0.29) is 34.7 Å². The van der Waals surface area contributed by atoms with Crippen LogP contribution in [0.25, 0.3) is 11.0 Å². The molecule has 7 N–H and O–H groups in total. The van der Waals surface area contributed by atoms with Crippen LogP contribution in [0.2, 0.25) is 0 Å². The van der Waals surface area contributed by atoms with Gasteiger partial charge in [-0.1, -0.05) is 13.3 Å². The van der Waals surface area contributed by atoms with Crippen LogP contribution < -0.4 is 31.6 Å². The van der Waals surface area contributed by atoms with Gasteiger partial charge in [-0.2, -0.15) is 10.1 Å². The van der Waals surface area contributed by atoms with Crippen molar-refractivity contribution in [3.8, 4) is 11.5 Å². The Labute approximate surface area is 296 Å². The van der Waals surface area contributed by atoms with Crippen molar-refractivity contribution in [2.45, 2.75) is 76.3 Å². The number of carboxylic acids is 1. The number of carbonyl (C=O) groups is 3.